The number of fused-ring (bicyclic) bond motifs is 2. The quantitative estimate of drug-likeness (QED) is 0.577. The van der Waals surface area contributed by atoms with E-state index < -0.39 is 0 Å². The van der Waals surface area contributed by atoms with E-state index >= 15 is 0 Å². The molecule has 1 saturated heterocycles. The first-order valence-electron chi connectivity index (χ1n) is 12.4. The van der Waals surface area contributed by atoms with Crippen LogP contribution in [0.2, 0.25) is 0 Å². The van der Waals surface area contributed by atoms with E-state index in [9.17, 15) is 9.90 Å². The number of hydrogen-bond acceptors (Lipinski definition) is 8. The number of aliphatic hydroxyl groups excluding tert-OH is 1. The fourth-order valence-corrected chi connectivity index (χ4v) is 5.64. The van der Waals surface area contributed by atoms with Gasteiger partial charge in [0, 0.05) is 30.6 Å². The van der Waals surface area contributed by atoms with Gasteiger partial charge in [-0.25, -0.2) is 9.97 Å². The van der Waals surface area contributed by atoms with Gasteiger partial charge in [-0.2, -0.15) is 0 Å². The number of nitrogens with zero attached hydrogens (tertiary/aromatic N) is 7. The monoisotopic (exact) mass is 474 g/mol. The molecule has 3 atom stereocenters. The zero-order valence-electron chi connectivity index (χ0n) is 20.1. The molecule has 3 aromatic rings. The van der Waals surface area contributed by atoms with Gasteiger partial charge in [-0.3, -0.25) is 9.69 Å². The Bertz CT molecular complexity index is 1300. The lowest BCUT2D eigenvalue weighted by Crippen LogP contribution is -2.28. The minimum atomic E-state index is -0.289. The van der Waals surface area contributed by atoms with Gasteiger partial charge in [0.25, 0.3) is 5.91 Å². The van der Waals surface area contributed by atoms with Crippen LogP contribution in [-0.2, 0) is 13.0 Å². The summed E-state index contributed by atoms with van der Waals surface area (Å²) in [4.78, 5) is 27.3. The van der Waals surface area contributed by atoms with E-state index in [-0.39, 0.29) is 24.6 Å². The van der Waals surface area contributed by atoms with Crippen molar-refractivity contribution in [2.75, 3.05) is 23.0 Å². The lowest BCUT2D eigenvalue weighted by molar-refractivity contribution is 0.0996. The molecule has 182 valence electrons. The van der Waals surface area contributed by atoms with Gasteiger partial charge in [-0.1, -0.05) is 6.07 Å². The second-order valence-electron chi connectivity index (χ2n) is 9.82. The maximum absolute atomic E-state index is 13.6. The van der Waals surface area contributed by atoms with Crippen molar-refractivity contribution in [3.8, 4) is 11.5 Å². The van der Waals surface area contributed by atoms with Crippen LogP contribution < -0.4 is 15.5 Å². The number of rotatable bonds is 5. The molecule has 0 radical (unpaired) electrons. The van der Waals surface area contributed by atoms with Crippen molar-refractivity contribution in [1.82, 2.24) is 24.7 Å². The standard InChI is InChI=1S/C25H30N8O2/c1-14-5-4-10-31(14)22-11-17-18(23(28-22)15(2)26)12-32(25(17)35)20-7-3-6-19(27-20)24-30-29-21-9-8-16(13-34)33(21)24/h3,6-7,11,14-16,34H,4-5,8-10,12-13,26H2,1-2H3/t14-,15-,16-/m1/s1. The second-order valence-corrected chi connectivity index (χ2v) is 9.82. The van der Waals surface area contributed by atoms with E-state index in [4.69, 9.17) is 15.7 Å². The molecule has 35 heavy (non-hydrogen) atoms. The van der Waals surface area contributed by atoms with E-state index in [1.165, 1.54) is 0 Å². The van der Waals surface area contributed by atoms with Gasteiger partial charge < -0.3 is 20.3 Å². The summed E-state index contributed by atoms with van der Waals surface area (Å²) in [6.45, 7) is 5.45. The van der Waals surface area contributed by atoms with Crippen LogP contribution in [0.1, 0.15) is 72.6 Å². The highest BCUT2D eigenvalue weighted by atomic mass is 16.3. The molecule has 3 N–H and O–H groups in total. The van der Waals surface area contributed by atoms with Crippen LogP contribution in [0.3, 0.4) is 0 Å². The topological polar surface area (TPSA) is 126 Å². The number of nitrogens with two attached hydrogens (primary N) is 1. The number of anilines is 2. The molecule has 6 heterocycles. The Labute approximate surface area is 203 Å². The number of carbonyl (C=O) groups excluding carboxylic acids is 1. The molecule has 1 amide bonds. The fraction of sp³-hybridized carbons (Fsp3) is 0.480. The Kier molecular flexibility index (Phi) is 5.30. The summed E-state index contributed by atoms with van der Waals surface area (Å²) in [5.41, 5.74) is 9.24. The van der Waals surface area contributed by atoms with Crippen molar-refractivity contribution >= 4 is 17.5 Å². The normalized spacial score (nSPS) is 22.1. The molecule has 10 nitrogen and oxygen atoms in total. The highest BCUT2D eigenvalue weighted by Gasteiger charge is 2.35. The van der Waals surface area contributed by atoms with Crippen molar-refractivity contribution in [1.29, 1.82) is 0 Å². The first kappa shape index (κ1) is 22.1. The molecule has 1 fully saturated rings. The van der Waals surface area contributed by atoms with E-state index in [1.807, 2.05) is 35.8 Å². The summed E-state index contributed by atoms with van der Waals surface area (Å²) in [7, 11) is 0. The van der Waals surface area contributed by atoms with Gasteiger partial charge >= 0.3 is 0 Å². The Morgan fingerprint density at radius 2 is 2.06 bits per heavy atom. The van der Waals surface area contributed by atoms with Crippen LogP contribution in [0, 0.1) is 0 Å². The van der Waals surface area contributed by atoms with E-state index in [1.54, 1.807) is 4.90 Å². The minimum absolute atomic E-state index is 0.0304. The Hall–Kier alpha value is -3.37. The molecule has 6 rings (SSSR count). The SMILES string of the molecule is C[C@@H]1CCCN1c1cc2c(c([C@@H](C)N)n1)CN(c1cccc(-c3nnc4n3[C@@H](CO)CC4)n1)C2=O. The molecule has 0 spiro atoms. The number of aliphatic hydroxyl groups is 1. The molecule has 3 aliphatic rings. The molecular formula is C25H30N8O2. The molecule has 10 heteroatoms. The molecule has 0 aromatic carbocycles. The van der Waals surface area contributed by atoms with Gasteiger partial charge in [0.2, 0.25) is 0 Å². The first-order valence-corrected chi connectivity index (χ1v) is 12.4. The van der Waals surface area contributed by atoms with Crippen molar-refractivity contribution < 1.29 is 9.90 Å². The van der Waals surface area contributed by atoms with Gasteiger partial charge in [-0.15, -0.1) is 10.2 Å². The van der Waals surface area contributed by atoms with Crippen molar-refractivity contribution in [2.24, 2.45) is 5.73 Å². The number of aryl methyl sites for hydroxylation is 1. The summed E-state index contributed by atoms with van der Waals surface area (Å²) in [6, 6.07) is 7.54. The number of pyridine rings is 2. The molecule has 3 aromatic heterocycles. The number of hydrogen-bond donors (Lipinski definition) is 2. The van der Waals surface area contributed by atoms with Crippen LogP contribution >= 0.6 is 0 Å². The van der Waals surface area contributed by atoms with E-state index in [2.05, 4.69) is 22.0 Å². The van der Waals surface area contributed by atoms with Crippen LogP contribution in [0.5, 0.6) is 0 Å². The third kappa shape index (κ3) is 3.51. The second kappa shape index (κ2) is 8.39. The summed E-state index contributed by atoms with van der Waals surface area (Å²) in [6.07, 6.45) is 3.85. The number of amides is 1. The van der Waals surface area contributed by atoms with Gasteiger partial charge in [-0.05, 0) is 51.3 Å². The Morgan fingerprint density at radius 1 is 1.20 bits per heavy atom. The van der Waals surface area contributed by atoms with Crippen molar-refractivity contribution in [3.05, 3.63) is 46.9 Å². The largest absolute Gasteiger partial charge is 0.394 e. The molecule has 0 unspecified atom stereocenters. The number of carbonyl (C=O) groups is 1. The molecule has 3 aliphatic heterocycles. The van der Waals surface area contributed by atoms with Gasteiger partial charge in [0.1, 0.15) is 23.2 Å². The molecular weight excluding hydrogens is 444 g/mol. The maximum Gasteiger partial charge on any atom is 0.260 e. The summed E-state index contributed by atoms with van der Waals surface area (Å²) >= 11 is 0. The maximum atomic E-state index is 13.6. The van der Waals surface area contributed by atoms with Gasteiger partial charge in [0.05, 0.1) is 30.5 Å². The molecule has 0 bridgehead atoms. The van der Waals surface area contributed by atoms with Crippen LogP contribution in [0.15, 0.2) is 24.3 Å². The average Bonchev–Trinajstić information content (AvgIpc) is 3.63. The summed E-state index contributed by atoms with van der Waals surface area (Å²) < 4.78 is 1.97. The third-order valence-corrected chi connectivity index (χ3v) is 7.50. The zero-order chi connectivity index (χ0) is 24.3. The fourth-order valence-electron chi connectivity index (χ4n) is 5.64. The van der Waals surface area contributed by atoms with Crippen molar-refractivity contribution in [3.63, 3.8) is 0 Å². The van der Waals surface area contributed by atoms with Crippen LogP contribution in [0.25, 0.3) is 11.5 Å². The lowest BCUT2D eigenvalue weighted by Gasteiger charge is -2.24. The lowest BCUT2D eigenvalue weighted by atomic mass is 10.0. The van der Waals surface area contributed by atoms with Crippen molar-refractivity contribution in [2.45, 2.75) is 64.2 Å². The van der Waals surface area contributed by atoms with E-state index in [0.717, 1.165) is 55.1 Å². The summed E-state index contributed by atoms with van der Waals surface area (Å²) in [5.74, 6) is 2.75. The Morgan fingerprint density at radius 3 is 2.80 bits per heavy atom. The summed E-state index contributed by atoms with van der Waals surface area (Å²) in [5, 5.41) is 18.4. The number of aromatic nitrogens is 5. The highest BCUT2D eigenvalue weighted by Crippen LogP contribution is 2.36. The zero-order valence-corrected chi connectivity index (χ0v) is 20.1. The van der Waals surface area contributed by atoms with Crippen LogP contribution in [0.4, 0.5) is 11.6 Å². The average molecular weight is 475 g/mol. The molecule has 0 aliphatic carbocycles. The Balaban J connectivity index is 1.37. The van der Waals surface area contributed by atoms with Crippen LogP contribution in [-0.4, -0.2) is 54.9 Å². The highest BCUT2D eigenvalue weighted by molar-refractivity contribution is 6.10. The third-order valence-electron chi connectivity index (χ3n) is 7.50. The minimum Gasteiger partial charge on any atom is -0.394 e. The van der Waals surface area contributed by atoms with Gasteiger partial charge in [0.15, 0.2) is 5.82 Å². The smallest absolute Gasteiger partial charge is 0.260 e. The van der Waals surface area contributed by atoms with E-state index in [0.29, 0.717) is 35.5 Å². The predicted molar refractivity (Wildman–Crippen MR) is 131 cm³/mol. The first-order chi connectivity index (χ1) is 17.0. The predicted octanol–water partition coefficient (Wildman–Crippen LogP) is 2.38. The molecule has 0 saturated carbocycles.